The van der Waals surface area contributed by atoms with E-state index in [1.807, 2.05) is 37.3 Å². The van der Waals surface area contributed by atoms with Gasteiger partial charge in [0.15, 0.2) is 6.61 Å². The number of hydrogen-bond acceptors (Lipinski definition) is 4. The van der Waals surface area contributed by atoms with Crippen molar-refractivity contribution in [1.29, 1.82) is 0 Å². The Balaban J connectivity index is 1.75. The number of hydrogen-bond donors (Lipinski definition) is 1. The Labute approximate surface area is 149 Å². The van der Waals surface area contributed by atoms with E-state index in [-0.39, 0.29) is 18.1 Å². The molecule has 2 aromatic carbocycles. The van der Waals surface area contributed by atoms with Crippen molar-refractivity contribution in [1.82, 2.24) is 0 Å². The number of anilines is 1. The van der Waals surface area contributed by atoms with Crippen LogP contribution in [0.15, 0.2) is 54.6 Å². The van der Waals surface area contributed by atoms with Crippen LogP contribution in [0.5, 0.6) is 5.75 Å². The lowest BCUT2D eigenvalue weighted by molar-refractivity contribution is -0.147. The van der Waals surface area contributed by atoms with Gasteiger partial charge < -0.3 is 14.8 Å². The molecule has 1 atom stereocenters. The first-order valence-electron chi connectivity index (χ1n) is 7.99. The lowest BCUT2D eigenvalue weighted by Crippen LogP contribution is -2.21. The lowest BCUT2D eigenvalue weighted by atomic mass is 9.98. The number of amides is 1. The summed E-state index contributed by atoms with van der Waals surface area (Å²) in [7, 11) is 0. The van der Waals surface area contributed by atoms with Gasteiger partial charge in [0.25, 0.3) is 5.91 Å². The fourth-order valence-electron chi connectivity index (χ4n) is 2.27. The van der Waals surface area contributed by atoms with E-state index in [1.165, 1.54) is 24.3 Å². The highest BCUT2D eigenvalue weighted by Gasteiger charge is 2.14. The molecule has 2 aromatic rings. The minimum absolute atomic E-state index is 0.0145. The SMILES string of the molecule is C[C@H](CC(=O)OCC(=O)Nc1ccc(OC(F)F)cc1)c1ccccc1. The number of alkyl halides is 2. The molecule has 0 heterocycles. The molecule has 0 fully saturated rings. The predicted octanol–water partition coefficient (Wildman–Crippen LogP) is 3.96. The van der Waals surface area contributed by atoms with Gasteiger partial charge in [-0.2, -0.15) is 8.78 Å². The third-order valence-corrected chi connectivity index (χ3v) is 3.57. The number of carbonyl (C=O) groups excluding carboxylic acids is 2. The van der Waals surface area contributed by atoms with Gasteiger partial charge in [-0.1, -0.05) is 37.3 Å². The minimum Gasteiger partial charge on any atom is -0.456 e. The molecule has 0 bridgehead atoms. The first-order chi connectivity index (χ1) is 12.4. The van der Waals surface area contributed by atoms with Crippen molar-refractivity contribution < 1.29 is 27.8 Å². The van der Waals surface area contributed by atoms with Crippen molar-refractivity contribution in [3.63, 3.8) is 0 Å². The summed E-state index contributed by atoms with van der Waals surface area (Å²) in [5.41, 5.74) is 1.39. The Hall–Kier alpha value is -2.96. The van der Waals surface area contributed by atoms with Crippen LogP contribution in [0.4, 0.5) is 14.5 Å². The van der Waals surface area contributed by atoms with Crippen molar-refractivity contribution >= 4 is 17.6 Å². The zero-order valence-corrected chi connectivity index (χ0v) is 14.2. The van der Waals surface area contributed by atoms with Crippen LogP contribution in [0.1, 0.15) is 24.8 Å². The Morgan fingerprint density at radius 2 is 1.69 bits per heavy atom. The van der Waals surface area contributed by atoms with Crippen LogP contribution in [-0.2, 0) is 14.3 Å². The van der Waals surface area contributed by atoms with Gasteiger partial charge >= 0.3 is 12.6 Å². The van der Waals surface area contributed by atoms with Gasteiger partial charge in [-0.25, -0.2) is 0 Å². The summed E-state index contributed by atoms with van der Waals surface area (Å²) in [6, 6.07) is 14.9. The maximum absolute atomic E-state index is 12.1. The van der Waals surface area contributed by atoms with E-state index in [2.05, 4.69) is 10.1 Å². The Morgan fingerprint density at radius 1 is 1.04 bits per heavy atom. The molecule has 138 valence electrons. The molecular formula is C19H19F2NO4. The third-order valence-electron chi connectivity index (χ3n) is 3.57. The van der Waals surface area contributed by atoms with Crippen molar-refractivity contribution in [3.05, 3.63) is 60.2 Å². The molecule has 0 aromatic heterocycles. The van der Waals surface area contributed by atoms with Crippen LogP contribution in [0, 0.1) is 0 Å². The Morgan fingerprint density at radius 3 is 2.31 bits per heavy atom. The standard InChI is InChI=1S/C19H19F2NO4/c1-13(14-5-3-2-4-6-14)11-18(24)25-12-17(23)22-15-7-9-16(10-8-15)26-19(20)21/h2-10,13,19H,11-12H2,1H3,(H,22,23)/t13-/m1/s1. The van der Waals surface area contributed by atoms with Crippen molar-refractivity contribution in [3.8, 4) is 5.75 Å². The molecule has 0 radical (unpaired) electrons. The largest absolute Gasteiger partial charge is 0.456 e. The maximum Gasteiger partial charge on any atom is 0.387 e. The highest BCUT2D eigenvalue weighted by Crippen LogP contribution is 2.19. The monoisotopic (exact) mass is 363 g/mol. The fraction of sp³-hybridized carbons (Fsp3) is 0.263. The summed E-state index contributed by atoms with van der Waals surface area (Å²) in [5, 5.41) is 2.50. The van der Waals surface area contributed by atoms with E-state index in [1.54, 1.807) is 0 Å². The fourth-order valence-corrected chi connectivity index (χ4v) is 2.27. The third kappa shape index (κ3) is 6.51. The highest BCUT2D eigenvalue weighted by atomic mass is 19.3. The number of nitrogens with one attached hydrogen (secondary N) is 1. The minimum atomic E-state index is -2.91. The molecular weight excluding hydrogens is 344 g/mol. The summed E-state index contributed by atoms with van der Waals surface area (Å²) in [4.78, 5) is 23.6. The molecule has 0 unspecified atom stereocenters. The normalized spacial score (nSPS) is 11.7. The van der Waals surface area contributed by atoms with E-state index in [4.69, 9.17) is 4.74 Å². The van der Waals surface area contributed by atoms with Gasteiger partial charge in [0.05, 0.1) is 6.42 Å². The summed E-state index contributed by atoms with van der Waals surface area (Å²) in [6.07, 6.45) is 0.164. The second kappa shape index (κ2) is 9.50. The van der Waals surface area contributed by atoms with E-state index < -0.39 is 25.1 Å². The number of ether oxygens (including phenoxy) is 2. The first-order valence-corrected chi connectivity index (χ1v) is 7.99. The summed E-state index contributed by atoms with van der Waals surface area (Å²) < 4.78 is 33.3. The number of carbonyl (C=O) groups is 2. The van der Waals surface area contributed by atoms with Crippen LogP contribution in [0.3, 0.4) is 0 Å². The molecule has 5 nitrogen and oxygen atoms in total. The van der Waals surface area contributed by atoms with E-state index in [0.717, 1.165) is 5.56 Å². The Kier molecular flexibility index (Phi) is 7.08. The van der Waals surface area contributed by atoms with Crippen LogP contribution in [0.2, 0.25) is 0 Å². The number of rotatable bonds is 8. The van der Waals surface area contributed by atoms with Crippen LogP contribution in [-0.4, -0.2) is 25.1 Å². The molecule has 1 N–H and O–H groups in total. The molecule has 0 saturated carbocycles. The number of benzene rings is 2. The Bertz CT molecular complexity index is 720. The molecule has 0 spiro atoms. The summed E-state index contributed by atoms with van der Waals surface area (Å²) in [6.45, 7) is -1.43. The van der Waals surface area contributed by atoms with E-state index in [0.29, 0.717) is 5.69 Å². The van der Waals surface area contributed by atoms with E-state index in [9.17, 15) is 18.4 Å². The summed E-state index contributed by atoms with van der Waals surface area (Å²) >= 11 is 0. The average Bonchev–Trinajstić information content (AvgIpc) is 2.62. The highest BCUT2D eigenvalue weighted by molar-refractivity contribution is 5.92. The molecule has 0 saturated heterocycles. The summed E-state index contributed by atoms with van der Waals surface area (Å²) in [5.74, 6) is -1.03. The van der Waals surface area contributed by atoms with Gasteiger partial charge in [-0.3, -0.25) is 9.59 Å². The van der Waals surface area contributed by atoms with Crippen molar-refractivity contribution in [2.24, 2.45) is 0 Å². The van der Waals surface area contributed by atoms with Gasteiger partial charge in [0, 0.05) is 5.69 Å². The molecule has 2 rings (SSSR count). The van der Waals surface area contributed by atoms with E-state index >= 15 is 0 Å². The molecule has 0 aliphatic carbocycles. The first kappa shape index (κ1) is 19.4. The zero-order chi connectivity index (χ0) is 18.9. The van der Waals surface area contributed by atoms with Crippen LogP contribution in [0.25, 0.3) is 0 Å². The lowest BCUT2D eigenvalue weighted by Gasteiger charge is -2.11. The van der Waals surface area contributed by atoms with Gasteiger partial charge in [-0.05, 0) is 35.7 Å². The topological polar surface area (TPSA) is 64.6 Å². The van der Waals surface area contributed by atoms with Crippen molar-refractivity contribution in [2.45, 2.75) is 25.9 Å². The molecule has 7 heteroatoms. The average molecular weight is 363 g/mol. The van der Waals surface area contributed by atoms with Crippen LogP contribution < -0.4 is 10.1 Å². The smallest absolute Gasteiger partial charge is 0.387 e. The molecule has 0 aliphatic heterocycles. The van der Waals surface area contributed by atoms with Crippen LogP contribution >= 0.6 is 0 Å². The molecule has 1 amide bonds. The predicted molar refractivity (Wildman–Crippen MR) is 92.1 cm³/mol. The van der Waals surface area contributed by atoms with Gasteiger partial charge in [-0.15, -0.1) is 0 Å². The number of esters is 1. The van der Waals surface area contributed by atoms with Gasteiger partial charge in [0.2, 0.25) is 0 Å². The van der Waals surface area contributed by atoms with Crippen molar-refractivity contribution in [2.75, 3.05) is 11.9 Å². The zero-order valence-electron chi connectivity index (χ0n) is 14.2. The van der Waals surface area contributed by atoms with Gasteiger partial charge in [0.1, 0.15) is 5.75 Å². The second-order valence-electron chi connectivity index (χ2n) is 5.63. The number of halogens is 2. The quantitative estimate of drug-likeness (QED) is 0.721. The molecule has 0 aliphatic rings. The molecule has 26 heavy (non-hydrogen) atoms. The maximum atomic E-state index is 12.1. The second-order valence-corrected chi connectivity index (χ2v) is 5.63.